The van der Waals surface area contributed by atoms with E-state index >= 15 is 0 Å². The van der Waals surface area contributed by atoms with Crippen LogP contribution < -0.4 is 0 Å². The summed E-state index contributed by atoms with van der Waals surface area (Å²) >= 11 is 5.36. The molecule has 0 saturated carbocycles. The minimum absolute atomic E-state index is 0.00558. The molecule has 0 bridgehead atoms. The van der Waals surface area contributed by atoms with Gasteiger partial charge in [-0.15, -0.1) is 11.6 Å². The summed E-state index contributed by atoms with van der Waals surface area (Å²) in [7, 11) is 1.70. The molecule has 14 heavy (non-hydrogen) atoms. The van der Waals surface area contributed by atoms with Crippen molar-refractivity contribution in [2.75, 3.05) is 19.5 Å². The first kappa shape index (κ1) is 13.2. The Kier molecular flexibility index (Phi) is 7.20. The van der Waals surface area contributed by atoms with Gasteiger partial charge < -0.3 is 10.0 Å². The number of aliphatic carboxylic acids is 1. The molecule has 0 aromatic rings. The monoisotopic (exact) mass is 221 g/mol. The average molecular weight is 222 g/mol. The second-order valence-corrected chi connectivity index (χ2v) is 3.42. The molecule has 1 amide bonds. The van der Waals surface area contributed by atoms with E-state index in [9.17, 15) is 9.59 Å². The van der Waals surface area contributed by atoms with Crippen LogP contribution in [0.3, 0.4) is 0 Å². The quantitative estimate of drug-likeness (QED) is 0.521. The molecule has 0 rings (SSSR count). The van der Waals surface area contributed by atoms with E-state index in [1.165, 1.54) is 0 Å². The van der Waals surface area contributed by atoms with Crippen molar-refractivity contribution in [1.29, 1.82) is 0 Å². The zero-order chi connectivity index (χ0) is 11.0. The minimum atomic E-state index is -0.768. The maximum atomic E-state index is 11.0. The number of carbonyl (C=O) groups excluding carboxylic acids is 1. The van der Waals surface area contributed by atoms with Crippen LogP contribution in [-0.4, -0.2) is 41.4 Å². The van der Waals surface area contributed by atoms with E-state index in [1.54, 1.807) is 11.9 Å². The van der Waals surface area contributed by atoms with Crippen molar-refractivity contribution in [2.45, 2.75) is 25.7 Å². The predicted molar refractivity (Wildman–Crippen MR) is 54.5 cm³/mol. The number of nitrogens with zero attached hydrogens (tertiary/aromatic N) is 1. The summed E-state index contributed by atoms with van der Waals surface area (Å²) in [6.07, 6.45) is 2.52. The zero-order valence-corrected chi connectivity index (χ0v) is 9.09. The number of carboxylic acid groups (broad SMARTS) is 1. The predicted octanol–water partition coefficient (Wildman–Crippen LogP) is 1.33. The van der Waals surface area contributed by atoms with Gasteiger partial charge >= 0.3 is 5.97 Å². The highest BCUT2D eigenvalue weighted by molar-refractivity contribution is 6.27. The van der Waals surface area contributed by atoms with Gasteiger partial charge in [0, 0.05) is 20.0 Å². The summed E-state index contributed by atoms with van der Waals surface area (Å²) in [4.78, 5) is 22.7. The highest BCUT2D eigenvalue weighted by Gasteiger charge is 2.05. The van der Waals surface area contributed by atoms with Gasteiger partial charge in [-0.25, -0.2) is 0 Å². The SMILES string of the molecule is CN(CCCCCC(=O)O)C(=O)CCl. The molecule has 82 valence electrons. The van der Waals surface area contributed by atoms with Gasteiger partial charge in [0.05, 0.1) is 0 Å². The van der Waals surface area contributed by atoms with Gasteiger partial charge in [-0.05, 0) is 12.8 Å². The number of amides is 1. The second kappa shape index (κ2) is 7.62. The van der Waals surface area contributed by atoms with Gasteiger partial charge in [0.25, 0.3) is 0 Å². The summed E-state index contributed by atoms with van der Waals surface area (Å²) < 4.78 is 0. The molecule has 0 aliphatic heterocycles. The van der Waals surface area contributed by atoms with E-state index < -0.39 is 5.97 Å². The maximum Gasteiger partial charge on any atom is 0.303 e. The molecule has 0 unspecified atom stereocenters. The van der Waals surface area contributed by atoms with Crippen LogP contribution in [0.4, 0.5) is 0 Å². The van der Waals surface area contributed by atoms with Gasteiger partial charge in [-0.2, -0.15) is 0 Å². The number of alkyl halides is 1. The Morgan fingerprint density at radius 2 is 1.93 bits per heavy atom. The molecule has 5 heteroatoms. The van der Waals surface area contributed by atoms with Crippen molar-refractivity contribution in [3.05, 3.63) is 0 Å². The topological polar surface area (TPSA) is 57.6 Å². The molecule has 4 nitrogen and oxygen atoms in total. The van der Waals surface area contributed by atoms with Crippen LogP contribution in [0.2, 0.25) is 0 Å². The number of hydrogen-bond acceptors (Lipinski definition) is 2. The molecule has 0 radical (unpaired) electrons. The average Bonchev–Trinajstić information content (AvgIpc) is 2.15. The van der Waals surface area contributed by atoms with Crippen molar-refractivity contribution in [3.8, 4) is 0 Å². The van der Waals surface area contributed by atoms with Crippen molar-refractivity contribution in [1.82, 2.24) is 4.90 Å². The van der Waals surface area contributed by atoms with Crippen molar-refractivity contribution < 1.29 is 14.7 Å². The highest BCUT2D eigenvalue weighted by atomic mass is 35.5. The fourth-order valence-corrected chi connectivity index (χ4v) is 1.23. The molecule has 0 aliphatic carbocycles. The Morgan fingerprint density at radius 3 is 2.43 bits per heavy atom. The summed E-state index contributed by atoms with van der Waals surface area (Å²) in [6.45, 7) is 0.644. The van der Waals surface area contributed by atoms with E-state index in [2.05, 4.69) is 0 Å². The highest BCUT2D eigenvalue weighted by Crippen LogP contribution is 2.01. The molecular formula is C9H16ClNO3. The van der Waals surface area contributed by atoms with Gasteiger partial charge in [0.2, 0.25) is 5.91 Å². The van der Waals surface area contributed by atoms with Crippen molar-refractivity contribution in [3.63, 3.8) is 0 Å². The third-order valence-corrected chi connectivity index (χ3v) is 2.15. The number of halogens is 1. The Morgan fingerprint density at radius 1 is 1.29 bits per heavy atom. The van der Waals surface area contributed by atoms with Crippen molar-refractivity contribution in [2.24, 2.45) is 0 Å². The number of hydrogen-bond donors (Lipinski definition) is 1. The lowest BCUT2D eigenvalue weighted by molar-refractivity contribution is -0.137. The van der Waals surface area contributed by atoms with Crippen LogP contribution in [0.5, 0.6) is 0 Å². The number of unbranched alkanes of at least 4 members (excludes halogenated alkanes) is 2. The fraction of sp³-hybridized carbons (Fsp3) is 0.778. The number of rotatable bonds is 7. The fourth-order valence-electron chi connectivity index (χ4n) is 1.03. The molecule has 0 saturated heterocycles. The Balaban J connectivity index is 3.36. The molecule has 0 spiro atoms. The first-order chi connectivity index (χ1) is 6.57. The van der Waals surface area contributed by atoms with E-state index in [-0.39, 0.29) is 18.2 Å². The molecule has 1 N–H and O–H groups in total. The molecule has 0 heterocycles. The second-order valence-electron chi connectivity index (χ2n) is 3.15. The van der Waals surface area contributed by atoms with E-state index in [0.29, 0.717) is 13.0 Å². The largest absolute Gasteiger partial charge is 0.481 e. The van der Waals surface area contributed by atoms with Crippen LogP contribution in [-0.2, 0) is 9.59 Å². The molecule has 0 aromatic carbocycles. The minimum Gasteiger partial charge on any atom is -0.481 e. The summed E-state index contributed by atoms with van der Waals surface area (Å²) in [5.74, 6) is -0.855. The lowest BCUT2D eigenvalue weighted by Crippen LogP contribution is -2.28. The Labute approximate surface area is 88.8 Å². The van der Waals surface area contributed by atoms with E-state index in [1.807, 2.05) is 0 Å². The number of carbonyl (C=O) groups is 2. The summed E-state index contributed by atoms with van der Waals surface area (Å²) in [6, 6.07) is 0. The van der Waals surface area contributed by atoms with Crippen LogP contribution in [0.1, 0.15) is 25.7 Å². The molecule has 0 aromatic heterocycles. The van der Waals surface area contributed by atoms with Gasteiger partial charge in [0.15, 0.2) is 0 Å². The van der Waals surface area contributed by atoms with E-state index in [4.69, 9.17) is 16.7 Å². The number of carboxylic acids is 1. The van der Waals surface area contributed by atoms with Crippen LogP contribution in [0.15, 0.2) is 0 Å². The lowest BCUT2D eigenvalue weighted by Gasteiger charge is -2.14. The van der Waals surface area contributed by atoms with Crippen LogP contribution in [0, 0.1) is 0 Å². The smallest absolute Gasteiger partial charge is 0.303 e. The molecule has 0 atom stereocenters. The summed E-state index contributed by atoms with van der Waals surface area (Å²) in [5, 5.41) is 8.37. The first-order valence-electron chi connectivity index (χ1n) is 4.59. The van der Waals surface area contributed by atoms with E-state index in [0.717, 1.165) is 12.8 Å². The Hall–Kier alpha value is -0.770. The van der Waals surface area contributed by atoms with Crippen LogP contribution in [0.25, 0.3) is 0 Å². The standard InChI is InChI=1S/C9H16ClNO3/c1-11(8(12)7-10)6-4-2-3-5-9(13)14/h2-7H2,1H3,(H,13,14). The lowest BCUT2D eigenvalue weighted by atomic mass is 10.2. The van der Waals surface area contributed by atoms with Gasteiger partial charge in [-0.1, -0.05) is 6.42 Å². The summed E-state index contributed by atoms with van der Waals surface area (Å²) in [5.41, 5.74) is 0. The molecule has 0 fully saturated rings. The molecular weight excluding hydrogens is 206 g/mol. The first-order valence-corrected chi connectivity index (χ1v) is 5.13. The third-order valence-electron chi connectivity index (χ3n) is 1.92. The van der Waals surface area contributed by atoms with Crippen LogP contribution >= 0.6 is 11.6 Å². The Bertz CT molecular complexity index is 196. The zero-order valence-electron chi connectivity index (χ0n) is 8.33. The maximum absolute atomic E-state index is 11.0. The molecule has 0 aliphatic rings. The van der Waals surface area contributed by atoms with Gasteiger partial charge in [0.1, 0.15) is 5.88 Å². The van der Waals surface area contributed by atoms with Crippen molar-refractivity contribution >= 4 is 23.5 Å². The third kappa shape index (κ3) is 6.71. The normalized spacial score (nSPS) is 9.86. The van der Waals surface area contributed by atoms with Gasteiger partial charge in [-0.3, -0.25) is 9.59 Å².